The molecule has 0 fully saturated rings. The maximum Gasteiger partial charge on any atom is 0.253 e. The van der Waals surface area contributed by atoms with Crippen LogP contribution < -0.4 is 14.8 Å². The van der Waals surface area contributed by atoms with Crippen LogP contribution in [0.3, 0.4) is 0 Å². The number of sulfonamides is 1. The summed E-state index contributed by atoms with van der Waals surface area (Å²) in [5.74, 6) is 0.677. The molecule has 9 nitrogen and oxygen atoms in total. The van der Waals surface area contributed by atoms with E-state index in [1.807, 2.05) is 0 Å². The highest BCUT2D eigenvalue weighted by Gasteiger charge is 2.15. The number of rotatable bonds is 7. The van der Waals surface area contributed by atoms with E-state index >= 15 is 0 Å². The number of methoxy groups -OCH3 is 1. The second kappa shape index (κ2) is 8.50. The molecule has 3 aromatic rings. The Morgan fingerprint density at radius 2 is 2.03 bits per heavy atom. The van der Waals surface area contributed by atoms with Gasteiger partial charge in [-0.2, -0.15) is 4.98 Å². The number of hydrogen-bond donors (Lipinski definition) is 2. The van der Waals surface area contributed by atoms with E-state index in [1.165, 1.54) is 18.2 Å². The summed E-state index contributed by atoms with van der Waals surface area (Å²) >= 11 is 6.06. The molecule has 1 aromatic heterocycles. The third kappa shape index (κ3) is 5.46. The Kier molecular flexibility index (Phi) is 6.04. The van der Waals surface area contributed by atoms with Crippen molar-refractivity contribution in [1.29, 1.82) is 0 Å². The number of nitrogens with one attached hydrogen (secondary N) is 2. The fraction of sp³-hybridized carbons (Fsp3) is 0.167. The molecule has 0 saturated heterocycles. The zero-order chi connectivity index (χ0) is 21.0. The first kappa shape index (κ1) is 20.6. The molecule has 152 valence electrons. The van der Waals surface area contributed by atoms with Gasteiger partial charge in [0.2, 0.25) is 21.7 Å². The minimum absolute atomic E-state index is 0.0319. The van der Waals surface area contributed by atoms with Gasteiger partial charge in [-0.05, 0) is 30.3 Å². The van der Waals surface area contributed by atoms with Gasteiger partial charge in [-0.25, -0.2) is 8.42 Å². The maximum atomic E-state index is 12.4. The van der Waals surface area contributed by atoms with Crippen molar-refractivity contribution in [2.45, 2.75) is 6.54 Å². The van der Waals surface area contributed by atoms with Crippen LogP contribution in [-0.2, 0) is 16.6 Å². The summed E-state index contributed by atoms with van der Waals surface area (Å²) in [6, 6.07) is 11.4. The van der Waals surface area contributed by atoms with Crippen LogP contribution in [-0.4, -0.2) is 37.8 Å². The Hall–Kier alpha value is -3.11. The van der Waals surface area contributed by atoms with Crippen molar-refractivity contribution >= 4 is 33.2 Å². The Bertz CT molecular complexity index is 1150. The van der Waals surface area contributed by atoms with Crippen LogP contribution in [0.1, 0.15) is 16.2 Å². The Morgan fingerprint density at radius 1 is 1.24 bits per heavy atom. The molecule has 0 spiro atoms. The molecular weight excluding hydrogens is 420 g/mol. The number of anilines is 1. The van der Waals surface area contributed by atoms with Gasteiger partial charge in [-0.1, -0.05) is 28.9 Å². The molecule has 3 rings (SSSR count). The van der Waals surface area contributed by atoms with Crippen molar-refractivity contribution in [3.63, 3.8) is 0 Å². The third-order valence-corrected chi connectivity index (χ3v) is 4.65. The molecule has 0 saturated carbocycles. The highest BCUT2D eigenvalue weighted by atomic mass is 35.5. The molecule has 0 bridgehead atoms. The standard InChI is InChI=1S/C18H17ClN4O5S/c1-27-13-5-3-4-11(8-13)17-21-16(28-22-17)10-20-18(24)14-9-12(6-7-15(14)19)23-29(2,25)26/h3-9,23H,10H2,1-2H3,(H,20,24). The molecule has 1 amide bonds. The SMILES string of the molecule is COc1cccc(-c2noc(CNC(=O)c3cc(NS(C)(=O)=O)ccc3Cl)n2)c1. The smallest absolute Gasteiger partial charge is 0.253 e. The second-order valence-corrected chi connectivity index (χ2v) is 8.15. The lowest BCUT2D eigenvalue weighted by Gasteiger charge is -2.08. The van der Waals surface area contributed by atoms with Gasteiger partial charge in [0, 0.05) is 11.3 Å². The van der Waals surface area contributed by atoms with Crippen LogP contribution in [0.25, 0.3) is 11.4 Å². The number of ether oxygens (including phenoxy) is 1. The molecule has 0 atom stereocenters. The van der Waals surface area contributed by atoms with Gasteiger partial charge < -0.3 is 14.6 Å². The van der Waals surface area contributed by atoms with Crippen molar-refractivity contribution < 1.29 is 22.5 Å². The van der Waals surface area contributed by atoms with Crippen LogP contribution >= 0.6 is 11.6 Å². The van der Waals surface area contributed by atoms with Crippen LogP contribution in [0.5, 0.6) is 5.75 Å². The summed E-state index contributed by atoms with van der Waals surface area (Å²) < 4.78 is 35.3. The van der Waals surface area contributed by atoms with Gasteiger partial charge in [0.15, 0.2) is 0 Å². The molecule has 0 aliphatic heterocycles. The van der Waals surface area contributed by atoms with Gasteiger partial charge in [0.25, 0.3) is 5.91 Å². The van der Waals surface area contributed by atoms with E-state index in [9.17, 15) is 13.2 Å². The van der Waals surface area contributed by atoms with Gasteiger partial charge in [0.05, 0.1) is 30.5 Å². The fourth-order valence-electron chi connectivity index (χ4n) is 2.43. The molecule has 2 N–H and O–H groups in total. The average molecular weight is 437 g/mol. The zero-order valence-electron chi connectivity index (χ0n) is 15.5. The van der Waals surface area contributed by atoms with E-state index in [0.29, 0.717) is 17.1 Å². The summed E-state index contributed by atoms with van der Waals surface area (Å²) in [6.45, 7) is -0.0319. The first-order chi connectivity index (χ1) is 13.7. The zero-order valence-corrected chi connectivity index (χ0v) is 17.0. The lowest BCUT2D eigenvalue weighted by atomic mass is 10.2. The van der Waals surface area contributed by atoms with Gasteiger partial charge in [-0.3, -0.25) is 9.52 Å². The molecule has 0 aliphatic rings. The minimum atomic E-state index is -3.48. The Morgan fingerprint density at radius 3 is 2.76 bits per heavy atom. The highest BCUT2D eigenvalue weighted by Crippen LogP contribution is 2.22. The lowest BCUT2D eigenvalue weighted by molar-refractivity contribution is 0.0946. The molecule has 11 heteroatoms. The number of aromatic nitrogens is 2. The van der Waals surface area contributed by atoms with Crippen molar-refractivity contribution in [1.82, 2.24) is 15.5 Å². The topological polar surface area (TPSA) is 123 Å². The van der Waals surface area contributed by atoms with E-state index in [1.54, 1.807) is 31.4 Å². The number of halogens is 1. The Balaban J connectivity index is 1.70. The van der Waals surface area contributed by atoms with Gasteiger partial charge >= 0.3 is 0 Å². The summed E-state index contributed by atoms with van der Waals surface area (Å²) in [6.07, 6.45) is 1.01. The molecule has 0 aliphatic carbocycles. The first-order valence-corrected chi connectivity index (χ1v) is 10.5. The number of benzene rings is 2. The van der Waals surface area contributed by atoms with Crippen molar-refractivity contribution in [2.24, 2.45) is 0 Å². The van der Waals surface area contributed by atoms with E-state index in [0.717, 1.165) is 6.26 Å². The average Bonchev–Trinajstić information content (AvgIpc) is 3.15. The first-order valence-electron chi connectivity index (χ1n) is 8.28. The van der Waals surface area contributed by atoms with Crippen LogP contribution in [0.2, 0.25) is 5.02 Å². The monoisotopic (exact) mass is 436 g/mol. The number of amides is 1. The molecule has 2 aromatic carbocycles. The van der Waals surface area contributed by atoms with E-state index < -0.39 is 15.9 Å². The highest BCUT2D eigenvalue weighted by molar-refractivity contribution is 7.92. The number of carbonyl (C=O) groups excluding carboxylic acids is 1. The van der Waals surface area contributed by atoms with E-state index in [4.69, 9.17) is 20.9 Å². The van der Waals surface area contributed by atoms with Crippen LogP contribution in [0, 0.1) is 0 Å². The summed E-state index contributed by atoms with van der Waals surface area (Å²) in [4.78, 5) is 16.7. The lowest BCUT2D eigenvalue weighted by Crippen LogP contribution is -2.23. The molecule has 29 heavy (non-hydrogen) atoms. The van der Waals surface area contributed by atoms with Crippen molar-refractivity contribution in [3.8, 4) is 17.1 Å². The number of hydrogen-bond acceptors (Lipinski definition) is 7. The van der Waals surface area contributed by atoms with Crippen molar-refractivity contribution in [3.05, 3.63) is 58.9 Å². The van der Waals surface area contributed by atoms with Gasteiger partial charge in [-0.15, -0.1) is 0 Å². The Labute approximate surface area is 172 Å². The van der Waals surface area contributed by atoms with Crippen LogP contribution in [0.4, 0.5) is 5.69 Å². The number of nitrogens with zero attached hydrogens (tertiary/aromatic N) is 2. The van der Waals surface area contributed by atoms with E-state index in [2.05, 4.69) is 20.2 Å². The van der Waals surface area contributed by atoms with E-state index in [-0.39, 0.29) is 28.7 Å². The summed E-state index contributed by atoms with van der Waals surface area (Å²) in [5.41, 5.74) is 1.03. The maximum absolute atomic E-state index is 12.4. The normalized spacial score (nSPS) is 11.1. The molecule has 0 unspecified atom stereocenters. The van der Waals surface area contributed by atoms with Crippen LogP contribution in [0.15, 0.2) is 47.0 Å². The minimum Gasteiger partial charge on any atom is -0.497 e. The largest absolute Gasteiger partial charge is 0.497 e. The third-order valence-electron chi connectivity index (χ3n) is 3.71. The van der Waals surface area contributed by atoms with Crippen molar-refractivity contribution in [2.75, 3.05) is 18.1 Å². The quantitative estimate of drug-likeness (QED) is 0.583. The summed E-state index contributed by atoms with van der Waals surface area (Å²) in [7, 11) is -1.93. The molecule has 0 radical (unpaired) electrons. The fourth-order valence-corrected chi connectivity index (χ4v) is 3.19. The number of carbonyl (C=O) groups is 1. The predicted octanol–water partition coefficient (Wildman–Crippen LogP) is 2.70. The summed E-state index contributed by atoms with van der Waals surface area (Å²) in [5, 5.41) is 6.67. The predicted molar refractivity (Wildman–Crippen MR) is 107 cm³/mol. The second-order valence-electron chi connectivity index (χ2n) is 6.00. The molecular formula is C18H17ClN4O5S. The van der Waals surface area contributed by atoms with Gasteiger partial charge in [0.1, 0.15) is 5.75 Å². The molecule has 1 heterocycles.